The number of hydrogen-bond donors (Lipinski definition) is 1. The van der Waals surface area contributed by atoms with Gasteiger partial charge in [0.2, 0.25) is 0 Å². The van der Waals surface area contributed by atoms with Gasteiger partial charge >= 0.3 is 5.97 Å². The quantitative estimate of drug-likeness (QED) is 0.843. The van der Waals surface area contributed by atoms with Gasteiger partial charge < -0.3 is 14.7 Å². The summed E-state index contributed by atoms with van der Waals surface area (Å²) >= 11 is 0. The Bertz CT molecular complexity index is 382. The first kappa shape index (κ1) is 14.3. The largest absolute Gasteiger partial charge is 0.481 e. The second-order valence-corrected chi connectivity index (χ2v) is 6.14. The molecule has 0 aromatic carbocycles. The minimum absolute atomic E-state index is 0.0196. The van der Waals surface area contributed by atoms with Crippen LogP contribution in [-0.2, 0) is 14.3 Å². The molecule has 2 heterocycles. The fourth-order valence-corrected chi connectivity index (χ4v) is 3.10. The van der Waals surface area contributed by atoms with Crippen LogP contribution < -0.4 is 0 Å². The Morgan fingerprint density at radius 2 is 2.05 bits per heavy atom. The number of carboxylic acid groups (broad SMARTS) is 1. The number of rotatable bonds is 3. The third-order valence-electron chi connectivity index (χ3n) is 4.65. The third-order valence-corrected chi connectivity index (χ3v) is 4.65. The van der Waals surface area contributed by atoms with Crippen LogP contribution >= 0.6 is 0 Å². The summed E-state index contributed by atoms with van der Waals surface area (Å²) < 4.78 is 5.59. The van der Waals surface area contributed by atoms with Crippen molar-refractivity contribution in [2.45, 2.75) is 52.2 Å². The molecule has 0 spiro atoms. The first-order valence-corrected chi connectivity index (χ1v) is 7.04. The van der Waals surface area contributed by atoms with Gasteiger partial charge in [0.25, 0.3) is 5.91 Å². The highest BCUT2D eigenvalue weighted by Gasteiger charge is 2.49. The van der Waals surface area contributed by atoms with E-state index >= 15 is 0 Å². The highest BCUT2D eigenvalue weighted by atomic mass is 16.5. The fourth-order valence-electron chi connectivity index (χ4n) is 3.10. The highest BCUT2D eigenvalue weighted by molar-refractivity contribution is 5.84. The van der Waals surface area contributed by atoms with Crippen molar-refractivity contribution in [2.75, 3.05) is 13.1 Å². The average Bonchev–Trinajstić information content (AvgIpc) is 2.94. The zero-order valence-electron chi connectivity index (χ0n) is 11.9. The van der Waals surface area contributed by atoms with E-state index in [1.54, 1.807) is 4.90 Å². The fraction of sp³-hybridized carbons (Fsp3) is 0.857. The summed E-state index contributed by atoms with van der Waals surface area (Å²) in [6, 6.07) is 0. The SMILES string of the molecule is CC1CCC(C(=O)N2CCC(C(=O)O)(C(C)C)C2)O1. The lowest BCUT2D eigenvalue weighted by Gasteiger charge is -2.29. The van der Waals surface area contributed by atoms with Gasteiger partial charge in [0, 0.05) is 13.1 Å². The van der Waals surface area contributed by atoms with Crippen molar-refractivity contribution < 1.29 is 19.4 Å². The van der Waals surface area contributed by atoms with E-state index < -0.39 is 11.4 Å². The van der Waals surface area contributed by atoms with Gasteiger partial charge in [-0.05, 0) is 32.1 Å². The van der Waals surface area contributed by atoms with Crippen LogP contribution in [0.25, 0.3) is 0 Å². The van der Waals surface area contributed by atoms with Gasteiger partial charge in [-0.2, -0.15) is 0 Å². The maximum Gasteiger partial charge on any atom is 0.311 e. The highest BCUT2D eigenvalue weighted by Crippen LogP contribution is 2.39. The second kappa shape index (κ2) is 5.12. The molecule has 5 nitrogen and oxygen atoms in total. The lowest BCUT2D eigenvalue weighted by atomic mass is 9.76. The molecule has 0 aromatic rings. The lowest BCUT2D eigenvalue weighted by molar-refractivity contribution is -0.152. The molecular formula is C14H23NO4. The number of carbonyl (C=O) groups is 2. The lowest BCUT2D eigenvalue weighted by Crippen LogP contribution is -2.43. The maximum atomic E-state index is 12.3. The summed E-state index contributed by atoms with van der Waals surface area (Å²) in [5.41, 5.74) is -0.792. The molecule has 1 amide bonds. The van der Waals surface area contributed by atoms with Gasteiger partial charge in [0.1, 0.15) is 6.10 Å². The van der Waals surface area contributed by atoms with Gasteiger partial charge in [0.15, 0.2) is 0 Å². The predicted molar refractivity (Wildman–Crippen MR) is 69.7 cm³/mol. The van der Waals surface area contributed by atoms with Crippen LogP contribution in [0.1, 0.15) is 40.0 Å². The predicted octanol–water partition coefficient (Wildman–Crippen LogP) is 1.51. The van der Waals surface area contributed by atoms with E-state index in [4.69, 9.17) is 4.74 Å². The standard InChI is InChI=1S/C14H23NO4/c1-9(2)14(13(17)18)6-7-15(8-14)12(16)11-5-4-10(3)19-11/h9-11H,4-8H2,1-3H3,(H,17,18). The van der Waals surface area contributed by atoms with E-state index in [0.717, 1.165) is 12.8 Å². The molecule has 0 bridgehead atoms. The summed E-state index contributed by atoms with van der Waals surface area (Å²) in [5.74, 6) is -0.808. The zero-order chi connectivity index (χ0) is 14.2. The molecule has 19 heavy (non-hydrogen) atoms. The van der Waals surface area contributed by atoms with Crippen molar-refractivity contribution in [2.24, 2.45) is 11.3 Å². The van der Waals surface area contributed by atoms with Crippen LogP contribution in [0.3, 0.4) is 0 Å². The van der Waals surface area contributed by atoms with Crippen molar-refractivity contribution >= 4 is 11.9 Å². The Morgan fingerprint density at radius 3 is 2.47 bits per heavy atom. The molecule has 1 N–H and O–H groups in total. The van der Waals surface area contributed by atoms with E-state index in [-0.39, 0.29) is 24.0 Å². The maximum absolute atomic E-state index is 12.3. The number of carboxylic acids is 1. The Labute approximate surface area is 113 Å². The number of ether oxygens (including phenoxy) is 1. The van der Waals surface area contributed by atoms with E-state index in [0.29, 0.717) is 19.5 Å². The molecule has 0 radical (unpaired) electrons. The Balaban J connectivity index is 2.05. The molecule has 2 fully saturated rings. The molecule has 108 valence electrons. The van der Waals surface area contributed by atoms with E-state index in [2.05, 4.69) is 0 Å². The molecule has 2 aliphatic heterocycles. The van der Waals surface area contributed by atoms with Crippen molar-refractivity contribution in [3.63, 3.8) is 0 Å². The molecule has 5 heteroatoms. The molecule has 0 aromatic heterocycles. The van der Waals surface area contributed by atoms with E-state index in [1.165, 1.54) is 0 Å². The van der Waals surface area contributed by atoms with Crippen molar-refractivity contribution in [1.29, 1.82) is 0 Å². The van der Waals surface area contributed by atoms with E-state index in [9.17, 15) is 14.7 Å². The summed E-state index contributed by atoms with van der Waals surface area (Å²) in [6.45, 7) is 6.63. The van der Waals surface area contributed by atoms with Crippen LogP contribution in [0, 0.1) is 11.3 Å². The Hall–Kier alpha value is -1.10. The van der Waals surface area contributed by atoms with Crippen LogP contribution in [0.15, 0.2) is 0 Å². The number of nitrogens with zero attached hydrogens (tertiary/aromatic N) is 1. The number of amides is 1. The van der Waals surface area contributed by atoms with Crippen molar-refractivity contribution in [3.8, 4) is 0 Å². The number of likely N-dealkylation sites (tertiary alicyclic amines) is 1. The van der Waals surface area contributed by atoms with Gasteiger partial charge in [-0.1, -0.05) is 13.8 Å². The number of carbonyl (C=O) groups excluding carboxylic acids is 1. The summed E-state index contributed by atoms with van der Waals surface area (Å²) in [6.07, 6.45) is 1.95. The molecule has 2 rings (SSSR count). The Morgan fingerprint density at radius 1 is 1.37 bits per heavy atom. The van der Waals surface area contributed by atoms with Crippen LogP contribution in [0.4, 0.5) is 0 Å². The van der Waals surface area contributed by atoms with Gasteiger partial charge in [-0.25, -0.2) is 0 Å². The van der Waals surface area contributed by atoms with Crippen LogP contribution in [0.2, 0.25) is 0 Å². The molecule has 2 aliphatic rings. The van der Waals surface area contributed by atoms with Crippen LogP contribution in [-0.4, -0.2) is 47.2 Å². The summed E-state index contributed by atoms with van der Waals surface area (Å²) in [4.78, 5) is 25.5. The molecule has 3 unspecified atom stereocenters. The van der Waals surface area contributed by atoms with Gasteiger partial charge in [0.05, 0.1) is 11.5 Å². The smallest absolute Gasteiger partial charge is 0.311 e. The van der Waals surface area contributed by atoms with Crippen molar-refractivity contribution in [3.05, 3.63) is 0 Å². The summed E-state index contributed by atoms with van der Waals surface area (Å²) in [5, 5.41) is 9.47. The van der Waals surface area contributed by atoms with Crippen molar-refractivity contribution in [1.82, 2.24) is 4.90 Å². The molecule has 0 saturated carbocycles. The number of aliphatic carboxylic acids is 1. The molecule has 0 aliphatic carbocycles. The third kappa shape index (κ3) is 2.48. The minimum Gasteiger partial charge on any atom is -0.481 e. The normalized spacial score (nSPS) is 35.1. The molecular weight excluding hydrogens is 246 g/mol. The second-order valence-electron chi connectivity index (χ2n) is 6.14. The first-order chi connectivity index (χ1) is 8.86. The number of hydrogen-bond acceptors (Lipinski definition) is 3. The summed E-state index contributed by atoms with van der Waals surface area (Å²) in [7, 11) is 0. The molecule has 2 saturated heterocycles. The van der Waals surface area contributed by atoms with Crippen LogP contribution in [0.5, 0.6) is 0 Å². The monoisotopic (exact) mass is 269 g/mol. The topological polar surface area (TPSA) is 66.8 Å². The zero-order valence-corrected chi connectivity index (χ0v) is 11.9. The van der Waals surface area contributed by atoms with E-state index in [1.807, 2.05) is 20.8 Å². The Kier molecular flexibility index (Phi) is 3.85. The average molecular weight is 269 g/mol. The van der Waals surface area contributed by atoms with Gasteiger partial charge in [-0.15, -0.1) is 0 Å². The van der Waals surface area contributed by atoms with Gasteiger partial charge in [-0.3, -0.25) is 9.59 Å². The first-order valence-electron chi connectivity index (χ1n) is 7.04. The minimum atomic E-state index is -0.793. The molecule has 3 atom stereocenters.